The average molecular weight is 445 g/mol. The normalized spacial score (nSPS) is 18.6. The highest BCUT2D eigenvalue weighted by molar-refractivity contribution is 6.42. The van der Waals surface area contributed by atoms with Crippen molar-refractivity contribution in [1.29, 1.82) is 0 Å². The number of rotatable bonds is 6. The zero-order valence-electron chi connectivity index (χ0n) is 17.2. The van der Waals surface area contributed by atoms with Crippen LogP contribution in [-0.2, 0) is 0 Å². The molecule has 0 saturated carbocycles. The number of aromatic hydroxyl groups is 2. The fourth-order valence-electron chi connectivity index (χ4n) is 4.11. The number of allylic oxidation sites excluding steroid dienone is 4. The molecule has 158 valence electrons. The number of Topliss-reactive ketones (excluding diaryl/α,β-unsaturated/α-hetero) is 1. The molecule has 5 heteroatoms. The van der Waals surface area contributed by atoms with Crippen LogP contribution < -0.4 is 0 Å². The van der Waals surface area contributed by atoms with Gasteiger partial charge in [-0.25, -0.2) is 0 Å². The summed E-state index contributed by atoms with van der Waals surface area (Å²) in [5.74, 6) is -1.35. The lowest BCUT2D eigenvalue weighted by Gasteiger charge is -2.32. The Morgan fingerprint density at radius 3 is 2.43 bits per heavy atom. The van der Waals surface area contributed by atoms with Crippen LogP contribution in [0.5, 0.6) is 11.5 Å². The van der Waals surface area contributed by atoms with Gasteiger partial charge in [-0.1, -0.05) is 64.7 Å². The van der Waals surface area contributed by atoms with Crippen molar-refractivity contribution in [1.82, 2.24) is 0 Å². The summed E-state index contributed by atoms with van der Waals surface area (Å²) in [6.45, 7) is 4.16. The molecule has 0 fully saturated rings. The van der Waals surface area contributed by atoms with E-state index in [0.717, 1.165) is 18.4 Å². The van der Waals surface area contributed by atoms with E-state index >= 15 is 0 Å². The number of hydrogen-bond acceptors (Lipinski definition) is 3. The van der Waals surface area contributed by atoms with Gasteiger partial charge in [-0.05, 0) is 69.2 Å². The molecule has 0 unspecified atom stereocenters. The maximum atomic E-state index is 13.4. The number of phenolic OH excluding ortho intramolecular Hbond substituents is 2. The van der Waals surface area contributed by atoms with E-state index in [4.69, 9.17) is 23.2 Å². The number of phenols is 2. The first kappa shape index (κ1) is 22.5. The van der Waals surface area contributed by atoms with Crippen molar-refractivity contribution in [3.05, 3.63) is 80.9 Å². The van der Waals surface area contributed by atoms with Crippen molar-refractivity contribution in [3.8, 4) is 11.5 Å². The van der Waals surface area contributed by atoms with E-state index < -0.39 is 5.92 Å². The summed E-state index contributed by atoms with van der Waals surface area (Å²) < 4.78 is 0. The molecule has 0 saturated heterocycles. The number of halogens is 2. The molecule has 1 aliphatic carbocycles. The highest BCUT2D eigenvalue weighted by Crippen LogP contribution is 2.45. The molecule has 0 aromatic heterocycles. The van der Waals surface area contributed by atoms with Crippen molar-refractivity contribution in [2.75, 3.05) is 0 Å². The third kappa shape index (κ3) is 4.91. The Morgan fingerprint density at radius 2 is 1.77 bits per heavy atom. The highest BCUT2D eigenvalue weighted by Gasteiger charge is 2.36. The second-order valence-corrected chi connectivity index (χ2v) is 8.80. The Morgan fingerprint density at radius 1 is 1.10 bits per heavy atom. The lowest BCUT2D eigenvalue weighted by molar-refractivity contribution is 0.0889. The van der Waals surface area contributed by atoms with Crippen LogP contribution in [0.2, 0.25) is 10.0 Å². The highest BCUT2D eigenvalue weighted by atomic mass is 35.5. The average Bonchev–Trinajstić information content (AvgIpc) is 2.69. The van der Waals surface area contributed by atoms with Crippen molar-refractivity contribution >= 4 is 29.0 Å². The molecule has 2 atom stereocenters. The number of carbonyl (C=O) groups is 1. The topological polar surface area (TPSA) is 57.5 Å². The largest absolute Gasteiger partial charge is 0.507 e. The molecule has 0 radical (unpaired) electrons. The van der Waals surface area contributed by atoms with Crippen molar-refractivity contribution in [3.63, 3.8) is 0 Å². The third-order valence-corrected chi connectivity index (χ3v) is 6.46. The van der Waals surface area contributed by atoms with Gasteiger partial charge in [-0.2, -0.15) is 0 Å². The van der Waals surface area contributed by atoms with Crippen molar-refractivity contribution in [2.24, 2.45) is 5.92 Å². The van der Waals surface area contributed by atoms with Gasteiger partial charge in [0.05, 0.1) is 10.0 Å². The van der Waals surface area contributed by atoms with Crippen LogP contribution in [0.4, 0.5) is 0 Å². The number of hydrogen-bond donors (Lipinski definition) is 2. The second-order valence-electron chi connectivity index (χ2n) is 8.01. The predicted octanol–water partition coefficient (Wildman–Crippen LogP) is 7.45. The summed E-state index contributed by atoms with van der Waals surface area (Å²) in [6.07, 6.45) is 7.39. The Labute approximate surface area is 187 Å². The van der Waals surface area contributed by atoms with Crippen LogP contribution >= 0.6 is 23.2 Å². The predicted molar refractivity (Wildman–Crippen MR) is 123 cm³/mol. The summed E-state index contributed by atoms with van der Waals surface area (Å²) in [5, 5.41) is 21.3. The molecule has 0 heterocycles. The maximum Gasteiger partial charge on any atom is 0.174 e. The molecule has 0 bridgehead atoms. The van der Waals surface area contributed by atoms with Gasteiger partial charge in [0.1, 0.15) is 17.1 Å². The fraction of sp³-hybridized carbons (Fsp3) is 0.320. The molecule has 2 aromatic carbocycles. The van der Waals surface area contributed by atoms with E-state index in [-0.39, 0.29) is 28.8 Å². The van der Waals surface area contributed by atoms with Gasteiger partial charge < -0.3 is 10.2 Å². The van der Waals surface area contributed by atoms with E-state index in [1.807, 2.05) is 12.1 Å². The molecule has 0 spiro atoms. The van der Waals surface area contributed by atoms with Gasteiger partial charge in [-0.15, -0.1) is 0 Å². The van der Waals surface area contributed by atoms with E-state index in [1.54, 1.807) is 6.07 Å². The van der Waals surface area contributed by atoms with E-state index in [0.29, 0.717) is 22.9 Å². The Bertz CT molecular complexity index is 983. The molecule has 0 aliphatic heterocycles. The Hall–Kier alpha value is -2.23. The van der Waals surface area contributed by atoms with Gasteiger partial charge >= 0.3 is 0 Å². The molecule has 2 N–H and O–H groups in total. The monoisotopic (exact) mass is 444 g/mol. The SMILES string of the molecule is CC(C)=CCCC1=CC[C@H](C(=O)c2c(O)cccc2O)[C@@H](c2cccc(Cl)c2Cl)C1. The standard InChI is InChI=1S/C25H26Cl2O3/c1-15(2)6-3-7-16-12-13-18(25(30)23-21(28)10-5-11-22(23)29)19(14-16)17-8-4-9-20(26)24(17)27/h4-6,8-12,18-19,28-29H,3,7,13-14H2,1-2H3/t18-,19+/m0/s1. The number of carbonyl (C=O) groups excluding carboxylic acids is 1. The van der Waals surface area contributed by atoms with Gasteiger partial charge in [0.2, 0.25) is 0 Å². The molecule has 1 aliphatic rings. The summed E-state index contributed by atoms with van der Waals surface area (Å²) >= 11 is 12.8. The van der Waals surface area contributed by atoms with Crippen LogP contribution in [0.3, 0.4) is 0 Å². The second kappa shape index (κ2) is 9.72. The van der Waals surface area contributed by atoms with Crippen LogP contribution in [-0.4, -0.2) is 16.0 Å². The first-order valence-corrected chi connectivity index (χ1v) is 10.9. The molecule has 2 aromatic rings. The van der Waals surface area contributed by atoms with Crippen LogP contribution in [0.15, 0.2) is 59.7 Å². The van der Waals surface area contributed by atoms with Gasteiger partial charge in [0, 0.05) is 5.92 Å². The van der Waals surface area contributed by atoms with Crippen LogP contribution in [0.25, 0.3) is 0 Å². The minimum absolute atomic E-state index is 0.0351. The quantitative estimate of drug-likeness (QED) is 0.359. The first-order chi connectivity index (χ1) is 14.3. The summed E-state index contributed by atoms with van der Waals surface area (Å²) in [4.78, 5) is 13.4. The third-order valence-electron chi connectivity index (χ3n) is 5.63. The minimum atomic E-state index is -0.452. The molecule has 3 rings (SSSR count). The van der Waals surface area contributed by atoms with Gasteiger partial charge in [0.15, 0.2) is 5.78 Å². The minimum Gasteiger partial charge on any atom is -0.507 e. The molecule has 3 nitrogen and oxygen atoms in total. The molecular weight excluding hydrogens is 419 g/mol. The van der Waals surface area contributed by atoms with E-state index in [2.05, 4.69) is 26.0 Å². The van der Waals surface area contributed by atoms with Crippen molar-refractivity contribution < 1.29 is 15.0 Å². The van der Waals surface area contributed by atoms with Gasteiger partial charge in [-0.3, -0.25) is 4.79 Å². The lowest BCUT2D eigenvalue weighted by Crippen LogP contribution is -2.26. The molecular formula is C25H26Cl2O3. The summed E-state index contributed by atoms with van der Waals surface area (Å²) in [7, 11) is 0. The molecule has 0 amide bonds. The van der Waals surface area contributed by atoms with E-state index in [9.17, 15) is 15.0 Å². The number of ketones is 1. The first-order valence-electron chi connectivity index (χ1n) is 10.1. The Kier molecular flexibility index (Phi) is 7.27. The van der Waals surface area contributed by atoms with Crippen LogP contribution in [0, 0.1) is 5.92 Å². The van der Waals surface area contributed by atoms with Crippen LogP contribution in [0.1, 0.15) is 61.4 Å². The molecule has 30 heavy (non-hydrogen) atoms. The zero-order chi connectivity index (χ0) is 21.8. The smallest absolute Gasteiger partial charge is 0.174 e. The summed E-state index contributed by atoms with van der Waals surface area (Å²) in [6, 6.07) is 9.81. The lowest BCUT2D eigenvalue weighted by atomic mass is 9.72. The van der Waals surface area contributed by atoms with E-state index in [1.165, 1.54) is 29.3 Å². The number of benzene rings is 2. The Balaban J connectivity index is 1.99. The summed E-state index contributed by atoms with van der Waals surface area (Å²) in [5.41, 5.74) is 3.35. The zero-order valence-corrected chi connectivity index (χ0v) is 18.7. The fourth-order valence-corrected chi connectivity index (χ4v) is 4.55. The maximum absolute atomic E-state index is 13.4. The van der Waals surface area contributed by atoms with Crippen molar-refractivity contribution in [2.45, 2.75) is 45.4 Å². The van der Waals surface area contributed by atoms with Gasteiger partial charge in [0.25, 0.3) is 0 Å².